The average Bonchev–Trinajstić information content (AvgIpc) is 3.14. The largest absolute Gasteiger partial charge is 0.322 e. The highest BCUT2D eigenvalue weighted by Gasteiger charge is 2.18. The highest BCUT2D eigenvalue weighted by molar-refractivity contribution is 5.91. The number of rotatable bonds is 4. The van der Waals surface area contributed by atoms with Gasteiger partial charge in [-0.05, 0) is 44.5 Å². The van der Waals surface area contributed by atoms with E-state index in [1.165, 1.54) is 4.68 Å². The van der Waals surface area contributed by atoms with Crippen molar-refractivity contribution in [3.05, 3.63) is 81.4 Å². The first-order valence-electron chi connectivity index (χ1n) is 9.52. The molecular formula is C22H19F2N5O2. The summed E-state index contributed by atoms with van der Waals surface area (Å²) in [7, 11) is 0. The summed E-state index contributed by atoms with van der Waals surface area (Å²) in [6, 6.07) is 8.59. The molecule has 9 heteroatoms. The Bertz CT molecular complexity index is 1390. The van der Waals surface area contributed by atoms with Gasteiger partial charge in [0.05, 0.1) is 23.3 Å². The van der Waals surface area contributed by atoms with Crippen LogP contribution in [0.2, 0.25) is 0 Å². The summed E-state index contributed by atoms with van der Waals surface area (Å²) in [5.74, 6) is -2.33. The van der Waals surface area contributed by atoms with Crippen LogP contribution in [0.3, 0.4) is 0 Å². The van der Waals surface area contributed by atoms with Crippen LogP contribution in [0.15, 0.2) is 47.4 Å². The van der Waals surface area contributed by atoms with Crippen molar-refractivity contribution in [1.82, 2.24) is 19.6 Å². The molecule has 7 nitrogen and oxygen atoms in total. The summed E-state index contributed by atoms with van der Waals surface area (Å²) < 4.78 is 29.4. The highest BCUT2D eigenvalue weighted by Crippen LogP contribution is 2.21. The second-order valence-corrected chi connectivity index (χ2v) is 7.33. The van der Waals surface area contributed by atoms with Gasteiger partial charge in [0.2, 0.25) is 5.91 Å². The minimum Gasteiger partial charge on any atom is -0.322 e. The molecule has 0 atom stereocenters. The van der Waals surface area contributed by atoms with Crippen molar-refractivity contribution >= 4 is 22.5 Å². The van der Waals surface area contributed by atoms with Crippen LogP contribution in [-0.4, -0.2) is 25.5 Å². The number of amides is 1. The first kappa shape index (κ1) is 20.4. The summed E-state index contributed by atoms with van der Waals surface area (Å²) in [5.41, 5.74) is 2.89. The monoisotopic (exact) mass is 423 g/mol. The van der Waals surface area contributed by atoms with Crippen LogP contribution in [0.5, 0.6) is 0 Å². The Balaban J connectivity index is 1.73. The Labute approximate surface area is 175 Å². The van der Waals surface area contributed by atoms with Crippen LogP contribution in [-0.2, 0) is 11.3 Å². The maximum Gasteiger partial charge on any atom is 0.293 e. The number of aromatic nitrogens is 4. The van der Waals surface area contributed by atoms with Crippen LogP contribution in [0.1, 0.15) is 16.8 Å². The van der Waals surface area contributed by atoms with Crippen LogP contribution in [0, 0.1) is 32.4 Å². The number of hydrogen-bond donors (Lipinski definition) is 1. The average molecular weight is 423 g/mol. The van der Waals surface area contributed by atoms with E-state index in [0.717, 1.165) is 33.6 Å². The number of anilines is 1. The normalized spacial score (nSPS) is 11.1. The fourth-order valence-corrected chi connectivity index (χ4v) is 3.47. The molecule has 0 spiro atoms. The van der Waals surface area contributed by atoms with Crippen LogP contribution in [0.4, 0.5) is 14.5 Å². The highest BCUT2D eigenvalue weighted by atomic mass is 19.1. The van der Waals surface area contributed by atoms with E-state index in [2.05, 4.69) is 15.5 Å². The zero-order valence-electron chi connectivity index (χ0n) is 17.1. The Morgan fingerprint density at radius 2 is 1.87 bits per heavy atom. The molecule has 2 aromatic carbocycles. The van der Waals surface area contributed by atoms with Gasteiger partial charge in [0, 0.05) is 11.5 Å². The number of benzene rings is 2. The molecule has 2 heterocycles. The molecule has 0 fully saturated rings. The van der Waals surface area contributed by atoms with E-state index < -0.39 is 29.6 Å². The Morgan fingerprint density at radius 1 is 1.10 bits per heavy atom. The van der Waals surface area contributed by atoms with E-state index in [4.69, 9.17) is 0 Å². The lowest BCUT2D eigenvalue weighted by Gasteiger charge is -2.11. The third-order valence-electron chi connectivity index (χ3n) is 4.95. The van der Waals surface area contributed by atoms with Crippen molar-refractivity contribution in [3.63, 3.8) is 0 Å². The maximum absolute atomic E-state index is 13.8. The van der Waals surface area contributed by atoms with Gasteiger partial charge in [-0.2, -0.15) is 10.2 Å². The van der Waals surface area contributed by atoms with E-state index in [0.29, 0.717) is 22.7 Å². The minimum absolute atomic E-state index is 0.183. The summed E-state index contributed by atoms with van der Waals surface area (Å²) in [4.78, 5) is 25.6. The number of fused-ring (bicyclic) bond motifs is 1. The smallest absolute Gasteiger partial charge is 0.293 e. The van der Waals surface area contributed by atoms with Crippen molar-refractivity contribution in [2.75, 3.05) is 5.32 Å². The molecule has 2 aromatic heterocycles. The Morgan fingerprint density at radius 3 is 2.58 bits per heavy atom. The van der Waals surface area contributed by atoms with E-state index in [9.17, 15) is 18.4 Å². The van der Waals surface area contributed by atoms with E-state index in [-0.39, 0.29) is 5.69 Å². The van der Waals surface area contributed by atoms with Crippen LogP contribution in [0.25, 0.3) is 16.6 Å². The van der Waals surface area contributed by atoms with Crippen LogP contribution < -0.4 is 10.9 Å². The fraction of sp³-hybridized carbons (Fsp3) is 0.182. The molecule has 1 N–H and O–H groups in total. The zero-order valence-corrected chi connectivity index (χ0v) is 17.1. The zero-order chi connectivity index (χ0) is 22.3. The predicted octanol–water partition coefficient (Wildman–Crippen LogP) is 3.42. The first-order chi connectivity index (χ1) is 14.7. The van der Waals surface area contributed by atoms with Gasteiger partial charge in [0.15, 0.2) is 0 Å². The molecule has 0 saturated heterocycles. The number of nitrogens with zero attached hydrogens (tertiary/aromatic N) is 4. The molecule has 0 aliphatic rings. The molecule has 4 rings (SSSR count). The van der Waals surface area contributed by atoms with Gasteiger partial charge >= 0.3 is 0 Å². The van der Waals surface area contributed by atoms with Crippen molar-refractivity contribution in [3.8, 4) is 5.69 Å². The molecular weight excluding hydrogens is 404 g/mol. The van der Waals surface area contributed by atoms with Gasteiger partial charge in [-0.3, -0.25) is 9.59 Å². The fourth-order valence-electron chi connectivity index (χ4n) is 3.47. The molecule has 0 saturated carbocycles. The molecule has 31 heavy (non-hydrogen) atoms. The summed E-state index contributed by atoms with van der Waals surface area (Å²) in [6.45, 7) is 5.17. The summed E-state index contributed by atoms with van der Waals surface area (Å²) in [6.07, 6.45) is 1.57. The molecule has 1 amide bonds. The number of carbonyl (C=O) groups is 1. The summed E-state index contributed by atoms with van der Waals surface area (Å²) in [5, 5.41) is 11.5. The molecule has 0 bridgehead atoms. The van der Waals surface area contributed by atoms with Gasteiger partial charge < -0.3 is 5.32 Å². The third kappa shape index (κ3) is 3.81. The predicted molar refractivity (Wildman–Crippen MR) is 112 cm³/mol. The van der Waals surface area contributed by atoms with Gasteiger partial charge in [0.25, 0.3) is 5.56 Å². The van der Waals surface area contributed by atoms with E-state index in [1.54, 1.807) is 13.1 Å². The topological polar surface area (TPSA) is 81.8 Å². The van der Waals surface area contributed by atoms with Gasteiger partial charge in [-0.1, -0.05) is 17.7 Å². The van der Waals surface area contributed by atoms with Gasteiger partial charge in [-0.25, -0.2) is 18.1 Å². The van der Waals surface area contributed by atoms with Crippen LogP contribution >= 0.6 is 0 Å². The lowest BCUT2D eigenvalue weighted by atomic mass is 10.1. The summed E-state index contributed by atoms with van der Waals surface area (Å²) >= 11 is 0. The third-order valence-corrected chi connectivity index (χ3v) is 4.95. The number of nitrogens with one attached hydrogen (secondary N) is 1. The Kier molecular flexibility index (Phi) is 5.10. The van der Waals surface area contributed by atoms with Crippen molar-refractivity contribution < 1.29 is 13.6 Å². The molecule has 4 aromatic rings. The lowest BCUT2D eigenvalue weighted by Crippen LogP contribution is -2.31. The molecule has 158 valence electrons. The molecule has 0 aliphatic heterocycles. The Hall–Kier alpha value is -3.88. The van der Waals surface area contributed by atoms with E-state index >= 15 is 0 Å². The number of carbonyl (C=O) groups excluding carboxylic acids is 1. The number of aryl methyl sites for hydroxylation is 3. The quantitative estimate of drug-likeness (QED) is 0.545. The second kappa shape index (κ2) is 7.75. The van der Waals surface area contributed by atoms with Crippen molar-refractivity contribution in [2.24, 2.45) is 0 Å². The lowest BCUT2D eigenvalue weighted by molar-refractivity contribution is -0.117. The van der Waals surface area contributed by atoms with Crippen molar-refractivity contribution in [2.45, 2.75) is 27.3 Å². The minimum atomic E-state index is -0.909. The SMILES string of the molecule is Cc1ccc(-n2ncc3c(C)nn(CC(=O)Nc4ccc(F)cc4F)c(=O)c32)c(C)c1. The molecule has 0 radical (unpaired) electrons. The number of halogens is 2. The second-order valence-electron chi connectivity index (χ2n) is 7.33. The van der Waals surface area contributed by atoms with E-state index in [1.807, 2.05) is 32.0 Å². The first-order valence-corrected chi connectivity index (χ1v) is 9.52. The van der Waals surface area contributed by atoms with Gasteiger partial charge in [-0.15, -0.1) is 0 Å². The maximum atomic E-state index is 13.8. The van der Waals surface area contributed by atoms with Gasteiger partial charge in [0.1, 0.15) is 23.7 Å². The standard InChI is InChI=1S/C22H19F2N5O2/c1-12-4-7-19(13(2)8-12)29-21-16(10-25-29)14(3)27-28(22(21)31)11-20(30)26-18-6-5-15(23)9-17(18)24/h4-10H,11H2,1-3H3,(H,26,30). The number of hydrogen-bond acceptors (Lipinski definition) is 4. The van der Waals surface area contributed by atoms with Crippen molar-refractivity contribution in [1.29, 1.82) is 0 Å². The molecule has 0 aliphatic carbocycles. The molecule has 0 unspecified atom stereocenters.